The van der Waals surface area contributed by atoms with E-state index in [2.05, 4.69) is 0 Å². The first-order chi connectivity index (χ1) is 9.40. The van der Waals surface area contributed by atoms with E-state index in [1.165, 1.54) is 18.4 Å². The van der Waals surface area contributed by atoms with E-state index in [4.69, 9.17) is 4.42 Å². The van der Waals surface area contributed by atoms with E-state index in [9.17, 15) is 22.0 Å². The van der Waals surface area contributed by atoms with Gasteiger partial charge in [-0.1, -0.05) is 0 Å². The molecule has 0 saturated carbocycles. The molecule has 106 valence electrons. The first-order valence-electron chi connectivity index (χ1n) is 5.21. The van der Waals surface area contributed by atoms with Gasteiger partial charge >= 0.3 is 5.91 Å². The Labute approximate surface area is 112 Å². The molecular formula is C11H8F2N2O4S. The minimum atomic E-state index is -4.44. The second-order valence-electron chi connectivity index (χ2n) is 3.61. The van der Waals surface area contributed by atoms with E-state index < -0.39 is 32.5 Å². The topological polar surface area (TPSA) is 88.4 Å². The van der Waals surface area contributed by atoms with E-state index in [-0.39, 0.29) is 5.76 Å². The molecule has 2 rings (SSSR count). The molecule has 0 fully saturated rings. The highest BCUT2D eigenvalue weighted by molar-refractivity contribution is 7.89. The van der Waals surface area contributed by atoms with Crippen molar-refractivity contribution in [1.29, 1.82) is 0 Å². The molecule has 0 bridgehead atoms. The fraction of sp³-hybridized carbons (Fsp3) is 0. The summed E-state index contributed by atoms with van der Waals surface area (Å²) in [5, 5.41) is 0. The number of carbonyl (C=O) groups excluding carboxylic acids is 1. The third-order valence-corrected chi connectivity index (χ3v) is 3.49. The van der Waals surface area contributed by atoms with Crippen molar-refractivity contribution >= 4 is 15.9 Å². The van der Waals surface area contributed by atoms with E-state index in [0.717, 1.165) is 6.07 Å². The van der Waals surface area contributed by atoms with Crippen molar-refractivity contribution in [2.24, 2.45) is 0 Å². The number of rotatable bonds is 4. The Morgan fingerprint density at radius 3 is 2.60 bits per heavy atom. The van der Waals surface area contributed by atoms with Crippen molar-refractivity contribution in [1.82, 2.24) is 10.3 Å². The Kier molecular flexibility index (Phi) is 3.81. The molecule has 1 amide bonds. The molecule has 6 nitrogen and oxygen atoms in total. The molecule has 0 atom stereocenters. The van der Waals surface area contributed by atoms with Crippen LogP contribution in [0.25, 0.3) is 0 Å². The van der Waals surface area contributed by atoms with E-state index in [0.29, 0.717) is 12.1 Å². The average molecular weight is 302 g/mol. The summed E-state index contributed by atoms with van der Waals surface area (Å²) in [6.45, 7) is 0. The molecule has 0 aliphatic rings. The first kappa shape index (κ1) is 14.2. The predicted molar refractivity (Wildman–Crippen MR) is 62.9 cm³/mol. The number of sulfonamides is 1. The van der Waals surface area contributed by atoms with Gasteiger partial charge in [0.1, 0.15) is 16.5 Å². The number of amides is 1. The number of hydrogen-bond acceptors (Lipinski definition) is 4. The number of nitrogens with one attached hydrogen (secondary N) is 2. The van der Waals surface area contributed by atoms with Gasteiger partial charge in [-0.15, -0.1) is 4.83 Å². The lowest BCUT2D eigenvalue weighted by molar-refractivity contribution is 0.0917. The Hall–Kier alpha value is -2.26. The Bertz CT molecular complexity index is 729. The maximum absolute atomic E-state index is 13.3. The van der Waals surface area contributed by atoms with Gasteiger partial charge in [0.15, 0.2) is 5.76 Å². The first-order valence-corrected chi connectivity index (χ1v) is 6.69. The second kappa shape index (κ2) is 5.39. The summed E-state index contributed by atoms with van der Waals surface area (Å²) in [4.78, 5) is 12.2. The quantitative estimate of drug-likeness (QED) is 0.830. The van der Waals surface area contributed by atoms with Crippen LogP contribution in [0.5, 0.6) is 0 Å². The van der Waals surface area contributed by atoms with Gasteiger partial charge in [0.25, 0.3) is 10.0 Å². The maximum Gasteiger partial charge on any atom is 0.301 e. The standard InChI is InChI=1S/C11H8F2N2O4S/c12-7-3-4-8(13)10(6-7)20(17,18)15-14-11(16)9-2-1-5-19-9/h1-6,15H,(H,14,16). The Morgan fingerprint density at radius 2 is 1.95 bits per heavy atom. The highest BCUT2D eigenvalue weighted by atomic mass is 32.2. The zero-order chi connectivity index (χ0) is 14.8. The normalized spacial score (nSPS) is 11.3. The molecular weight excluding hydrogens is 294 g/mol. The number of halogens is 2. The third-order valence-electron chi connectivity index (χ3n) is 2.23. The van der Waals surface area contributed by atoms with Crippen molar-refractivity contribution < 1.29 is 26.4 Å². The number of hydrogen-bond donors (Lipinski definition) is 2. The average Bonchev–Trinajstić information content (AvgIpc) is 2.93. The van der Waals surface area contributed by atoms with Crippen molar-refractivity contribution in [2.75, 3.05) is 0 Å². The summed E-state index contributed by atoms with van der Waals surface area (Å²) in [5.74, 6) is -3.10. The van der Waals surface area contributed by atoms with E-state index in [1.807, 2.05) is 5.43 Å². The van der Waals surface area contributed by atoms with Crippen LogP contribution >= 0.6 is 0 Å². The van der Waals surface area contributed by atoms with Crippen LogP contribution in [0.15, 0.2) is 45.9 Å². The van der Waals surface area contributed by atoms with Gasteiger partial charge in [0.2, 0.25) is 0 Å². The fourth-order valence-corrected chi connectivity index (χ4v) is 2.25. The lowest BCUT2D eigenvalue weighted by atomic mass is 10.3. The van der Waals surface area contributed by atoms with Crippen LogP contribution in [0.1, 0.15) is 10.6 Å². The Balaban J connectivity index is 2.16. The van der Waals surface area contributed by atoms with Gasteiger partial charge < -0.3 is 4.42 Å². The predicted octanol–water partition coefficient (Wildman–Crippen LogP) is 1.18. The SMILES string of the molecule is O=C(NNS(=O)(=O)c1cc(F)ccc1F)c1ccco1. The molecule has 1 aromatic carbocycles. The zero-order valence-corrected chi connectivity index (χ0v) is 10.6. The summed E-state index contributed by atoms with van der Waals surface area (Å²) in [6.07, 6.45) is 1.22. The summed E-state index contributed by atoms with van der Waals surface area (Å²) in [7, 11) is -4.44. The molecule has 9 heteroatoms. The number of benzene rings is 1. The summed E-state index contributed by atoms with van der Waals surface area (Å²) in [6, 6.07) is 4.66. The lowest BCUT2D eigenvalue weighted by Crippen LogP contribution is -2.41. The number of hydrazine groups is 1. The summed E-state index contributed by atoms with van der Waals surface area (Å²) in [5.41, 5.74) is 1.81. The molecule has 0 saturated heterocycles. The molecule has 1 aromatic heterocycles. The van der Waals surface area contributed by atoms with Gasteiger partial charge in [-0.3, -0.25) is 10.2 Å². The molecule has 0 unspecified atom stereocenters. The van der Waals surface area contributed by atoms with Crippen LogP contribution in [0.2, 0.25) is 0 Å². The largest absolute Gasteiger partial charge is 0.459 e. The van der Waals surface area contributed by atoms with Crippen LogP contribution in [-0.2, 0) is 10.0 Å². The summed E-state index contributed by atoms with van der Waals surface area (Å²) >= 11 is 0. The van der Waals surface area contributed by atoms with E-state index in [1.54, 1.807) is 4.83 Å². The van der Waals surface area contributed by atoms with Crippen molar-refractivity contribution in [3.05, 3.63) is 54.0 Å². The summed E-state index contributed by atoms with van der Waals surface area (Å²) < 4.78 is 54.4. The minimum absolute atomic E-state index is 0.146. The van der Waals surface area contributed by atoms with Crippen molar-refractivity contribution in [2.45, 2.75) is 4.90 Å². The minimum Gasteiger partial charge on any atom is -0.459 e. The van der Waals surface area contributed by atoms with Crippen LogP contribution < -0.4 is 10.3 Å². The maximum atomic E-state index is 13.3. The molecule has 0 spiro atoms. The molecule has 2 aromatic rings. The highest BCUT2D eigenvalue weighted by Gasteiger charge is 2.21. The molecule has 0 radical (unpaired) electrons. The smallest absolute Gasteiger partial charge is 0.301 e. The van der Waals surface area contributed by atoms with Crippen LogP contribution in [0.4, 0.5) is 8.78 Å². The van der Waals surface area contributed by atoms with Gasteiger partial charge in [-0.2, -0.15) is 0 Å². The third kappa shape index (κ3) is 3.00. The van der Waals surface area contributed by atoms with Crippen LogP contribution in [0.3, 0.4) is 0 Å². The van der Waals surface area contributed by atoms with E-state index >= 15 is 0 Å². The monoisotopic (exact) mass is 302 g/mol. The molecule has 2 N–H and O–H groups in total. The fourth-order valence-electron chi connectivity index (χ4n) is 1.32. The van der Waals surface area contributed by atoms with Crippen molar-refractivity contribution in [3.8, 4) is 0 Å². The van der Waals surface area contributed by atoms with Crippen molar-refractivity contribution in [3.63, 3.8) is 0 Å². The highest BCUT2D eigenvalue weighted by Crippen LogP contribution is 2.15. The second-order valence-corrected chi connectivity index (χ2v) is 5.26. The molecule has 0 aliphatic heterocycles. The lowest BCUT2D eigenvalue weighted by Gasteiger charge is -2.08. The van der Waals surface area contributed by atoms with Crippen LogP contribution in [0, 0.1) is 11.6 Å². The molecule has 20 heavy (non-hydrogen) atoms. The number of furan rings is 1. The van der Waals surface area contributed by atoms with Crippen LogP contribution in [-0.4, -0.2) is 14.3 Å². The number of carbonyl (C=O) groups is 1. The zero-order valence-electron chi connectivity index (χ0n) is 9.76. The molecule has 0 aliphatic carbocycles. The molecule has 1 heterocycles. The van der Waals surface area contributed by atoms with Gasteiger partial charge in [-0.05, 0) is 30.3 Å². The van der Waals surface area contributed by atoms with Gasteiger partial charge in [0.05, 0.1) is 6.26 Å². The van der Waals surface area contributed by atoms with Gasteiger partial charge in [-0.25, -0.2) is 17.2 Å². The Morgan fingerprint density at radius 1 is 1.20 bits per heavy atom. The van der Waals surface area contributed by atoms with Gasteiger partial charge in [0, 0.05) is 0 Å².